The third kappa shape index (κ3) is 7.82. The maximum atomic E-state index is 4.62. The zero-order valence-corrected chi connectivity index (χ0v) is 24.8. The van der Waals surface area contributed by atoms with Gasteiger partial charge >= 0.3 is 0 Å². The van der Waals surface area contributed by atoms with Gasteiger partial charge in [0.25, 0.3) is 0 Å². The molecular formula is C34H45N7. The van der Waals surface area contributed by atoms with Gasteiger partial charge in [0.1, 0.15) is 0 Å². The maximum Gasteiger partial charge on any atom is 0.0564 e. The molecule has 0 amide bonds. The van der Waals surface area contributed by atoms with Gasteiger partial charge in [-0.25, -0.2) is 0 Å². The molecule has 41 heavy (non-hydrogen) atoms. The number of aromatic nitrogens is 2. The van der Waals surface area contributed by atoms with Crippen LogP contribution in [0.15, 0.2) is 73.8 Å². The van der Waals surface area contributed by atoms with E-state index in [9.17, 15) is 0 Å². The van der Waals surface area contributed by atoms with Gasteiger partial charge in [-0.1, -0.05) is 32.1 Å². The molecule has 0 bridgehead atoms. The summed E-state index contributed by atoms with van der Waals surface area (Å²) in [4.78, 5) is 16.6. The fraction of sp³-hybridized carbons (Fsp3) is 0.412. The second-order valence-corrected chi connectivity index (χ2v) is 11.5. The van der Waals surface area contributed by atoms with E-state index in [4.69, 9.17) is 0 Å². The molecule has 7 heteroatoms. The van der Waals surface area contributed by atoms with E-state index in [-0.39, 0.29) is 0 Å². The van der Waals surface area contributed by atoms with Crippen LogP contribution in [-0.2, 0) is 13.1 Å². The van der Waals surface area contributed by atoms with Crippen molar-refractivity contribution in [2.24, 2.45) is 0 Å². The van der Waals surface area contributed by atoms with Crippen molar-refractivity contribution in [3.63, 3.8) is 0 Å². The summed E-state index contributed by atoms with van der Waals surface area (Å²) in [6.45, 7) is 17.3. The van der Waals surface area contributed by atoms with Crippen molar-refractivity contribution >= 4 is 16.9 Å². The molecule has 2 aliphatic heterocycles. The number of benzene rings is 1. The number of likely N-dealkylation sites (tertiary alicyclic amines) is 1. The molecule has 0 unspecified atom stereocenters. The Morgan fingerprint density at radius 3 is 2.34 bits per heavy atom. The van der Waals surface area contributed by atoms with E-state index in [1.807, 2.05) is 31.7 Å². The van der Waals surface area contributed by atoms with Gasteiger partial charge in [-0.05, 0) is 80.0 Å². The third-order valence-corrected chi connectivity index (χ3v) is 8.30. The Bertz CT molecular complexity index is 1330. The smallest absolute Gasteiger partial charge is 0.0564 e. The number of anilines is 2. The Labute approximate surface area is 246 Å². The van der Waals surface area contributed by atoms with E-state index >= 15 is 0 Å². The van der Waals surface area contributed by atoms with Gasteiger partial charge in [0.15, 0.2) is 0 Å². The summed E-state index contributed by atoms with van der Waals surface area (Å²) < 4.78 is 0. The molecule has 0 saturated carbocycles. The van der Waals surface area contributed by atoms with Crippen LogP contribution in [0.4, 0.5) is 11.4 Å². The van der Waals surface area contributed by atoms with Gasteiger partial charge in [0, 0.05) is 93.1 Å². The molecule has 0 aliphatic carbocycles. The van der Waals surface area contributed by atoms with Crippen LogP contribution in [0.5, 0.6) is 0 Å². The molecule has 0 spiro atoms. The standard InChI is InChI=1S/C34H45N7/c1-26(27(2)38-31-11-12-37-32(21-31)25-41-17-15-39(4)16-18-41)33-20-29(9-10-34(33)35-3)30-19-28(22-36-23-30)24-40-13-7-5-6-8-14-40/h9-12,19-23,35H,1-2,5-8,13-18,24-25H2,3-4H3,(H,37,38). The summed E-state index contributed by atoms with van der Waals surface area (Å²) in [5, 5.41) is 6.82. The second-order valence-electron chi connectivity index (χ2n) is 11.5. The number of piperazine rings is 1. The predicted octanol–water partition coefficient (Wildman–Crippen LogP) is 5.95. The van der Waals surface area contributed by atoms with Gasteiger partial charge in [-0.3, -0.25) is 19.8 Å². The highest BCUT2D eigenvalue weighted by atomic mass is 15.2. The topological polar surface area (TPSA) is 59.6 Å². The van der Waals surface area contributed by atoms with Crippen LogP contribution in [0.2, 0.25) is 0 Å². The molecule has 2 fully saturated rings. The average Bonchev–Trinajstić information content (AvgIpc) is 3.26. The summed E-state index contributed by atoms with van der Waals surface area (Å²) in [6, 6.07) is 12.9. The summed E-state index contributed by atoms with van der Waals surface area (Å²) in [6.07, 6.45) is 11.1. The minimum Gasteiger partial charge on any atom is -0.388 e. The van der Waals surface area contributed by atoms with Crippen molar-refractivity contribution in [2.75, 3.05) is 64.0 Å². The van der Waals surface area contributed by atoms with Gasteiger partial charge < -0.3 is 15.5 Å². The molecule has 5 rings (SSSR count). The maximum absolute atomic E-state index is 4.62. The number of nitrogens with zero attached hydrogens (tertiary/aromatic N) is 5. The van der Waals surface area contributed by atoms with E-state index in [0.717, 1.165) is 84.3 Å². The quantitative estimate of drug-likeness (QED) is 0.302. The first-order valence-electron chi connectivity index (χ1n) is 15.0. The SMILES string of the molecule is C=C(Nc1ccnc(CN2CCN(C)CC2)c1)C(=C)c1cc(-c2cncc(CN3CCCCCC3)c2)ccc1NC. The Balaban J connectivity index is 1.28. The van der Waals surface area contributed by atoms with Crippen molar-refractivity contribution in [3.05, 3.63) is 90.7 Å². The number of allylic oxidation sites excluding steroid dienone is 1. The normalized spacial score (nSPS) is 17.1. The lowest BCUT2D eigenvalue weighted by Crippen LogP contribution is -2.44. The zero-order chi connectivity index (χ0) is 28.6. The molecule has 3 aromatic rings. The summed E-state index contributed by atoms with van der Waals surface area (Å²) in [7, 11) is 4.12. The molecule has 2 N–H and O–H groups in total. The minimum atomic E-state index is 0.767. The molecule has 2 saturated heterocycles. The van der Waals surface area contributed by atoms with Crippen molar-refractivity contribution < 1.29 is 0 Å². The highest BCUT2D eigenvalue weighted by molar-refractivity contribution is 5.88. The van der Waals surface area contributed by atoms with Crippen molar-refractivity contribution in [1.29, 1.82) is 0 Å². The Kier molecular flexibility index (Phi) is 9.83. The molecule has 0 atom stereocenters. The van der Waals surface area contributed by atoms with Crippen molar-refractivity contribution in [1.82, 2.24) is 24.7 Å². The third-order valence-electron chi connectivity index (χ3n) is 8.30. The fourth-order valence-electron chi connectivity index (χ4n) is 5.77. The number of hydrogen-bond acceptors (Lipinski definition) is 7. The van der Waals surface area contributed by atoms with E-state index < -0.39 is 0 Å². The number of nitrogens with one attached hydrogen (secondary N) is 2. The second kappa shape index (κ2) is 13.9. The van der Waals surface area contributed by atoms with Crippen LogP contribution in [0.3, 0.4) is 0 Å². The van der Waals surface area contributed by atoms with Crippen molar-refractivity contribution in [3.8, 4) is 11.1 Å². The number of rotatable bonds is 10. The molecule has 0 radical (unpaired) electrons. The summed E-state index contributed by atoms with van der Waals surface area (Å²) >= 11 is 0. The van der Waals surface area contributed by atoms with Crippen molar-refractivity contribution in [2.45, 2.75) is 38.8 Å². The lowest BCUT2D eigenvalue weighted by Gasteiger charge is -2.32. The molecule has 2 aliphatic rings. The van der Waals surface area contributed by atoms with Crippen LogP contribution < -0.4 is 10.6 Å². The molecule has 2 aromatic heterocycles. The highest BCUT2D eigenvalue weighted by Gasteiger charge is 2.16. The van der Waals surface area contributed by atoms with Gasteiger partial charge in [-0.15, -0.1) is 0 Å². The van der Waals surface area contributed by atoms with E-state index in [0.29, 0.717) is 0 Å². The zero-order valence-electron chi connectivity index (χ0n) is 24.8. The Morgan fingerprint density at radius 1 is 0.829 bits per heavy atom. The van der Waals surface area contributed by atoms with Gasteiger partial charge in [0.2, 0.25) is 0 Å². The fourth-order valence-corrected chi connectivity index (χ4v) is 5.77. The minimum absolute atomic E-state index is 0.767. The van der Waals surface area contributed by atoms with Gasteiger partial charge in [-0.2, -0.15) is 0 Å². The predicted molar refractivity (Wildman–Crippen MR) is 172 cm³/mol. The van der Waals surface area contributed by atoms with Crippen LogP contribution in [0, 0.1) is 0 Å². The number of pyridine rings is 2. The molecule has 4 heterocycles. The molecule has 216 valence electrons. The largest absolute Gasteiger partial charge is 0.388 e. The highest BCUT2D eigenvalue weighted by Crippen LogP contribution is 2.33. The lowest BCUT2D eigenvalue weighted by molar-refractivity contribution is 0.147. The van der Waals surface area contributed by atoms with E-state index in [2.05, 4.69) is 85.8 Å². The van der Waals surface area contributed by atoms with Crippen LogP contribution in [-0.4, -0.2) is 78.0 Å². The first kappa shape index (κ1) is 29.0. The van der Waals surface area contributed by atoms with Crippen LogP contribution in [0.1, 0.15) is 42.5 Å². The first-order chi connectivity index (χ1) is 20.0. The molecular weight excluding hydrogens is 506 g/mol. The Hall–Kier alpha value is -3.52. The Morgan fingerprint density at radius 2 is 1.59 bits per heavy atom. The van der Waals surface area contributed by atoms with Crippen LogP contribution in [0.25, 0.3) is 16.7 Å². The van der Waals surface area contributed by atoms with E-state index in [1.165, 1.54) is 44.3 Å². The van der Waals surface area contributed by atoms with Crippen LogP contribution >= 0.6 is 0 Å². The van der Waals surface area contributed by atoms with E-state index in [1.54, 1.807) is 0 Å². The average molecular weight is 552 g/mol. The monoisotopic (exact) mass is 551 g/mol. The summed E-state index contributed by atoms with van der Waals surface area (Å²) in [5.41, 5.74) is 9.19. The first-order valence-corrected chi connectivity index (χ1v) is 15.0. The molecule has 1 aromatic carbocycles. The summed E-state index contributed by atoms with van der Waals surface area (Å²) in [5.74, 6) is 0. The van der Waals surface area contributed by atoms with Gasteiger partial charge in [0.05, 0.1) is 5.69 Å². The molecule has 7 nitrogen and oxygen atoms in total. The number of hydrogen-bond donors (Lipinski definition) is 2. The number of likely N-dealkylation sites (N-methyl/N-ethyl adjacent to an activating group) is 1. The lowest BCUT2D eigenvalue weighted by atomic mass is 9.96.